The molecule has 2 amide bonds. The fourth-order valence-electron chi connectivity index (χ4n) is 5.47. The summed E-state index contributed by atoms with van der Waals surface area (Å²) in [5.74, 6) is 2.61. The predicted molar refractivity (Wildman–Crippen MR) is 169 cm³/mol. The number of para-hydroxylation sites is 2. The maximum Gasteiger partial charge on any atom is 0.222 e. The van der Waals surface area contributed by atoms with Gasteiger partial charge in [0.25, 0.3) is 0 Å². The molecular formula is C33H45N5O3S. The minimum Gasteiger partial charge on any atom is -0.495 e. The highest BCUT2D eigenvalue weighted by atomic mass is 32.2. The second kappa shape index (κ2) is 16.3. The van der Waals surface area contributed by atoms with Crippen LogP contribution < -0.4 is 4.74 Å². The van der Waals surface area contributed by atoms with Crippen molar-refractivity contribution in [1.29, 1.82) is 0 Å². The van der Waals surface area contributed by atoms with Crippen LogP contribution in [0.15, 0.2) is 59.8 Å². The molecule has 0 bridgehead atoms. The van der Waals surface area contributed by atoms with Gasteiger partial charge in [0, 0.05) is 49.8 Å². The molecule has 42 heavy (non-hydrogen) atoms. The second-order valence-corrected chi connectivity index (χ2v) is 12.0. The Morgan fingerprint density at radius 2 is 1.60 bits per heavy atom. The van der Waals surface area contributed by atoms with Crippen molar-refractivity contribution in [3.05, 3.63) is 54.6 Å². The fraction of sp³-hybridized carbons (Fsp3) is 0.515. The number of hydrogen-bond acceptors (Lipinski definition) is 6. The molecule has 1 fully saturated rings. The van der Waals surface area contributed by atoms with Crippen molar-refractivity contribution >= 4 is 23.6 Å². The maximum absolute atomic E-state index is 13.1. The number of nitrogens with zero attached hydrogens (tertiary/aromatic N) is 5. The zero-order valence-electron chi connectivity index (χ0n) is 25.3. The summed E-state index contributed by atoms with van der Waals surface area (Å²) in [6, 6.07) is 17.9. The molecule has 4 rings (SSSR count). The van der Waals surface area contributed by atoms with E-state index < -0.39 is 0 Å². The van der Waals surface area contributed by atoms with Gasteiger partial charge >= 0.3 is 0 Å². The van der Waals surface area contributed by atoms with E-state index in [0.29, 0.717) is 32.5 Å². The quantitative estimate of drug-likeness (QED) is 0.146. The highest BCUT2D eigenvalue weighted by Gasteiger charge is 2.29. The van der Waals surface area contributed by atoms with Gasteiger partial charge in [-0.15, -0.1) is 10.2 Å². The molecule has 0 spiro atoms. The zero-order chi connectivity index (χ0) is 29.7. The van der Waals surface area contributed by atoms with Gasteiger partial charge in [0.15, 0.2) is 11.0 Å². The summed E-state index contributed by atoms with van der Waals surface area (Å²) in [5.41, 5.74) is 1.84. The number of benzene rings is 2. The van der Waals surface area contributed by atoms with Gasteiger partial charge in [-0.1, -0.05) is 93.3 Å². The van der Waals surface area contributed by atoms with Crippen molar-refractivity contribution in [1.82, 2.24) is 24.6 Å². The molecule has 1 aliphatic rings. The molecule has 9 heteroatoms. The van der Waals surface area contributed by atoms with Gasteiger partial charge < -0.3 is 14.5 Å². The topological polar surface area (TPSA) is 80.6 Å². The SMILES string of the molecule is CCCCCCCCC(=O)N1CCN(C(=O)CCCSc2nnc(-c3ccccc3)n2-c2ccccc2OC)CC1C. The Labute approximate surface area is 254 Å². The van der Waals surface area contributed by atoms with Gasteiger partial charge in [0.05, 0.1) is 12.8 Å². The zero-order valence-corrected chi connectivity index (χ0v) is 26.2. The van der Waals surface area contributed by atoms with E-state index >= 15 is 0 Å². The smallest absolute Gasteiger partial charge is 0.222 e. The minimum absolute atomic E-state index is 0.0560. The average molecular weight is 592 g/mol. The third kappa shape index (κ3) is 8.37. The molecule has 1 atom stereocenters. The van der Waals surface area contributed by atoms with Crippen LogP contribution in [0.5, 0.6) is 5.75 Å². The van der Waals surface area contributed by atoms with Crippen LogP contribution >= 0.6 is 11.8 Å². The third-order valence-electron chi connectivity index (χ3n) is 7.80. The molecule has 1 saturated heterocycles. The molecule has 0 radical (unpaired) electrons. The molecule has 3 aromatic rings. The van der Waals surface area contributed by atoms with Crippen molar-refractivity contribution in [2.45, 2.75) is 82.8 Å². The largest absolute Gasteiger partial charge is 0.495 e. The molecule has 226 valence electrons. The first-order valence-corrected chi connectivity index (χ1v) is 16.4. The number of amides is 2. The van der Waals surface area contributed by atoms with Crippen molar-refractivity contribution in [3.8, 4) is 22.8 Å². The van der Waals surface area contributed by atoms with Crippen LogP contribution in [-0.2, 0) is 9.59 Å². The van der Waals surface area contributed by atoms with Crippen LogP contribution in [-0.4, -0.2) is 74.9 Å². The van der Waals surface area contributed by atoms with E-state index in [9.17, 15) is 9.59 Å². The predicted octanol–water partition coefficient (Wildman–Crippen LogP) is 6.63. The van der Waals surface area contributed by atoms with Crippen molar-refractivity contribution < 1.29 is 14.3 Å². The van der Waals surface area contributed by atoms with Crippen LogP contribution in [0.2, 0.25) is 0 Å². The van der Waals surface area contributed by atoms with E-state index in [-0.39, 0.29) is 17.9 Å². The number of rotatable bonds is 15. The molecule has 8 nitrogen and oxygen atoms in total. The van der Waals surface area contributed by atoms with Gasteiger partial charge in [-0.25, -0.2) is 0 Å². The number of hydrogen-bond donors (Lipinski definition) is 0. The lowest BCUT2D eigenvalue weighted by molar-refractivity contribution is -0.142. The third-order valence-corrected chi connectivity index (χ3v) is 8.82. The number of methoxy groups -OCH3 is 1. The Balaban J connectivity index is 1.28. The van der Waals surface area contributed by atoms with Crippen molar-refractivity contribution in [2.24, 2.45) is 0 Å². The molecule has 1 unspecified atom stereocenters. The molecule has 2 aromatic carbocycles. The van der Waals surface area contributed by atoms with Gasteiger partial charge in [-0.3, -0.25) is 14.2 Å². The Bertz CT molecular complexity index is 1280. The summed E-state index contributed by atoms with van der Waals surface area (Å²) in [7, 11) is 1.66. The minimum atomic E-state index is 0.0560. The summed E-state index contributed by atoms with van der Waals surface area (Å²) in [5, 5.41) is 9.79. The highest BCUT2D eigenvalue weighted by molar-refractivity contribution is 7.99. The number of thioether (sulfide) groups is 1. The summed E-state index contributed by atoms with van der Waals surface area (Å²) < 4.78 is 7.68. The van der Waals surface area contributed by atoms with E-state index in [1.165, 1.54) is 25.7 Å². The Morgan fingerprint density at radius 3 is 2.36 bits per heavy atom. The molecule has 1 aliphatic heterocycles. The lowest BCUT2D eigenvalue weighted by Crippen LogP contribution is -2.55. The summed E-state index contributed by atoms with van der Waals surface area (Å²) in [6.07, 6.45) is 8.89. The summed E-state index contributed by atoms with van der Waals surface area (Å²) in [4.78, 5) is 29.7. The monoisotopic (exact) mass is 591 g/mol. The second-order valence-electron chi connectivity index (χ2n) is 10.9. The first-order valence-electron chi connectivity index (χ1n) is 15.4. The Kier molecular flexibility index (Phi) is 12.3. The molecule has 0 saturated carbocycles. The standard InChI is InChI=1S/C33H45N5O3S/c1-4-5-6-7-8-12-20-31(40)37-23-22-36(25-26(37)2)30(39)21-15-24-42-33-35-34-32(27-16-10-9-11-17-27)38(33)28-18-13-14-19-29(28)41-3/h9-11,13-14,16-19,26H,4-8,12,15,20-25H2,1-3H3. The van der Waals surface area contributed by atoms with Crippen LogP contribution in [0.25, 0.3) is 17.1 Å². The molecule has 1 aromatic heterocycles. The highest BCUT2D eigenvalue weighted by Crippen LogP contribution is 2.32. The van der Waals surface area contributed by atoms with Crippen LogP contribution in [0, 0.1) is 0 Å². The molecule has 2 heterocycles. The van der Waals surface area contributed by atoms with Gasteiger partial charge in [-0.2, -0.15) is 0 Å². The Hall–Kier alpha value is -3.33. The Morgan fingerprint density at radius 1 is 0.881 bits per heavy atom. The van der Waals surface area contributed by atoms with Crippen LogP contribution in [0.3, 0.4) is 0 Å². The molecule has 0 N–H and O–H groups in total. The van der Waals surface area contributed by atoms with Gasteiger partial charge in [0.1, 0.15) is 5.75 Å². The van der Waals surface area contributed by atoms with Crippen LogP contribution in [0.4, 0.5) is 0 Å². The number of unbranched alkanes of at least 4 members (excludes halogenated alkanes) is 5. The van der Waals surface area contributed by atoms with E-state index in [1.54, 1.807) is 18.9 Å². The van der Waals surface area contributed by atoms with Crippen molar-refractivity contribution in [2.75, 3.05) is 32.5 Å². The lowest BCUT2D eigenvalue weighted by atomic mass is 10.1. The van der Waals surface area contributed by atoms with E-state index in [4.69, 9.17) is 4.74 Å². The summed E-state index contributed by atoms with van der Waals surface area (Å²) in [6.45, 7) is 6.12. The number of carbonyl (C=O) groups excluding carboxylic acids is 2. The van der Waals surface area contributed by atoms with E-state index in [1.807, 2.05) is 69.0 Å². The van der Waals surface area contributed by atoms with Crippen LogP contribution in [0.1, 0.15) is 71.6 Å². The first-order chi connectivity index (χ1) is 20.5. The van der Waals surface area contributed by atoms with Gasteiger partial charge in [0.2, 0.25) is 11.8 Å². The first kappa shape index (κ1) is 31.6. The normalized spacial score (nSPS) is 15.2. The number of ether oxygens (including phenoxy) is 1. The van der Waals surface area contributed by atoms with Gasteiger partial charge in [-0.05, 0) is 31.9 Å². The number of piperazine rings is 1. The molecular weight excluding hydrogens is 546 g/mol. The van der Waals surface area contributed by atoms with E-state index in [2.05, 4.69) is 24.0 Å². The number of carbonyl (C=O) groups is 2. The average Bonchev–Trinajstić information content (AvgIpc) is 3.44. The van der Waals surface area contributed by atoms with Crippen molar-refractivity contribution in [3.63, 3.8) is 0 Å². The van der Waals surface area contributed by atoms with E-state index in [0.717, 1.165) is 53.0 Å². The molecule has 0 aliphatic carbocycles. The maximum atomic E-state index is 13.1. The lowest BCUT2D eigenvalue weighted by Gasteiger charge is -2.40. The fourth-order valence-corrected chi connectivity index (χ4v) is 6.35. The summed E-state index contributed by atoms with van der Waals surface area (Å²) >= 11 is 1.59. The number of aromatic nitrogens is 3.